The molecule has 34 heavy (non-hydrogen) atoms. The monoisotopic (exact) mass is 462 g/mol. The maximum absolute atomic E-state index is 13.8. The van der Waals surface area contributed by atoms with Gasteiger partial charge in [0, 0.05) is 17.8 Å². The van der Waals surface area contributed by atoms with E-state index in [2.05, 4.69) is 20.6 Å². The molecule has 0 saturated carbocycles. The Morgan fingerprint density at radius 1 is 1.12 bits per heavy atom. The number of nitrogens with zero attached hydrogens (tertiary/aromatic N) is 5. The van der Waals surface area contributed by atoms with E-state index in [1.165, 1.54) is 10.6 Å². The minimum Gasteiger partial charge on any atom is -0.333 e. The first-order valence-electron chi connectivity index (χ1n) is 10.1. The summed E-state index contributed by atoms with van der Waals surface area (Å²) in [6.45, 7) is 1.48. The molecule has 3 aromatic heterocycles. The minimum atomic E-state index is -0.932. The van der Waals surface area contributed by atoms with Crippen LogP contribution in [0.1, 0.15) is 5.56 Å². The van der Waals surface area contributed by atoms with Gasteiger partial charge in [-0.25, -0.2) is 22.7 Å². The molecule has 0 bridgehead atoms. The van der Waals surface area contributed by atoms with Crippen molar-refractivity contribution < 1.29 is 18.1 Å². The van der Waals surface area contributed by atoms with E-state index in [0.29, 0.717) is 17.5 Å². The third kappa shape index (κ3) is 3.94. The molecule has 11 heteroatoms. The van der Waals surface area contributed by atoms with E-state index in [4.69, 9.17) is 4.52 Å². The van der Waals surface area contributed by atoms with Crippen molar-refractivity contribution in [3.63, 3.8) is 0 Å². The minimum absolute atomic E-state index is 0.149. The second kappa shape index (κ2) is 8.35. The number of rotatable bonds is 5. The SMILES string of the molecule is Cc1ccc(-c2noc(-c3cccn4c(=O)n(CC(=O)Nc5ccc(F)cc5F)nc34)n2)cc1. The van der Waals surface area contributed by atoms with Gasteiger partial charge in [-0.15, -0.1) is 5.10 Å². The smallest absolute Gasteiger partial charge is 0.333 e. The first-order chi connectivity index (χ1) is 16.4. The molecule has 2 aromatic carbocycles. The molecule has 0 aliphatic heterocycles. The Hall–Kier alpha value is -4.67. The zero-order valence-electron chi connectivity index (χ0n) is 17.7. The van der Waals surface area contributed by atoms with Crippen molar-refractivity contribution in [2.75, 3.05) is 5.32 Å². The Bertz CT molecular complexity index is 1590. The summed E-state index contributed by atoms with van der Waals surface area (Å²) < 4.78 is 34.4. The summed E-state index contributed by atoms with van der Waals surface area (Å²) >= 11 is 0. The lowest BCUT2D eigenvalue weighted by atomic mass is 10.1. The second-order valence-electron chi connectivity index (χ2n) is 7.52. The van der Waals surface area contributed by atoms with E-state index in [-0.39, 0.29) is 17.2 Å². The lowest BCUT2D eigenvalue weighted by Gasteiger charge is -2.05. The number of pyridine rings is 1. The average Bonchev–Trinajstić information content (AvgIpc) is 3.42. The van der Waals surface area contributed by atoms with E-state index in [1.807, 2.05) is 31.2 Å². The van der Waals surface area contributed by atoms with E-state index in [1.54, 1.807) is 12.1 Å². The van der Waals surface area contributed by atoms with Crippen LogP contribution in [0, 0.1) is 18.6 Å². The number of aromatic nitrogens is 5. The normalized spacial score (nSPS) is 11.1. The third-order valence-corrected chi connectivity index (χ3v) is 5.07. The maximum atomic E-state index is 13.8. The van der Waals surface area contributed by atoms with Crippen LogP contribution in [0.4, 0.5) is 14.5 Å². The zero-order chi connectivity index (χ0) is 23.8. The van der Waals surface area contributed by atoms with E-state index < -0.39 is 29.8 Å². The van der Waals surface area contributed by atoms with Crippen LogP contribution in [-0.4, -0.2) is 30.2 Å². The van der Waals surface area contributed by atoms with Crippen LogP contribution in [0.5, 0.6) is 0 Å². The Morgan fingerprint density at radius 3 is 2.68 bits per heavy atom. The Kier molecular flexibility index (Phi) is 5.21. The molecule has 5 rings (SSSR count). The summed E-state index contributed by atoms with van der Waals surface area (Å²) in [6, 6.07) is 13.6. The van der Waals surface area contributed by atoms with Crippen molar-refractivity contribution in [2.45, 2.75) is 13.5 Å². The number of hydrogen-bond donors (Lipinski definition) is 1. The van der Waals surface area contributed by atoms with Crippen molar-refractivity contribution in [1.82, 2.24) is 24.3 Å². The van der Waals surface area contributed by atoms with Gasteiger partial charge in [0.25, 0.3) is 5.89 Å². The van der Waals surface area contributed by atoms with Crippen LogP contribution in [0.2, 0.25) is 0 Å². The van der Waals surface area contributed by atoms with Crippen molar-refractivity contribution in [3.05, 3.63) is 88.5 Å². The van der Waals surface area contributed by atoms with Gasteiger partial charge in [-0.05, 0) is 31.2 Å². The molecule has 0 atom stereocenters. The molecule has 0 radical (unpaired) electrons. The van der Waals surface area contributed by atoms with E-state index in [0.717, 1.165) is 27.9 Å². The lowest BCUT2D eigenvalue weighted by molar-refractivity contribution is -0.117. The molecule has 0 aliphatic carbocycles. The van der Waals surface area contributed by atoms with Crippen molar-refractivity contribution in [1.29, 1.82) is 0 Å². The third-order valence-electron chi connectivity index (χ3n) is 5.07. The largest absolute Gasteiger partial charge is 0.350 e. The van der Waals surface area contributed by atoms with Crippen LogP contribution in [0.25, 0.3) is 28.5 Å². The number of carbonyl (C=O) groups is 1. The highest BCUT2D eigenvalue weighted by atomic mass is 19.1. The first-order valence-corrected chi connectivity index (χ1v) is 10.1. The van der Waals surface area contributed by atoms with Gasteiger partial charge in [0.1, 0.15) is 18.2 Å². The Labute approximate surface area is 190 Å². The molecule has 1 amide bonds. The number of aryl methyl sites for hydroxylation is 1. The van der Waals surface area contributed by atoms with Crippen LogP contribution in [0.15, 0.2) is 70.1 Å². The van der Waals surface area contributed by atoms with Gasteiger partial charge in [-0.1, -0.05) is 35.0 Å². The summed E-state index contributed by atoms with van der Waals surface area (Å²) in [6.07, 6.45) is 1.49. The molecule has 3 heterocycles. The predicted molar refractivity (Wildman–Crippen MR) is 118 cm³/mol. The quantitative estimate of drug-likeness (QED) is 0.429. The lowest BCUT2D eigenvalue weighted by Crippen LogP contribution is -2.28. The molecule has 170 valence electrons. The number of benzene rings is 2. The average molecular weight is 462 g/mol. The van der Waals surface area contributed by atoms with E-state index in [9.17, 15) is 18.4 Å². The first kappa shape index (κ1) is 21.2. The Balaban J connectivity index is 1.44. The van der Waals surface area contributed by atoms with Crippen molar-refractivity contribution in [3.8, 4) is 22.8 Å². The molecule has 5 aromatic rings. The van der Waals surface area contributed by atoms with Gasteiger partial charge >= 0.3 is 5.69 Å². The van der Waals surface area contributed by atoms with Gasteiger partial charge in [0.05, 0.1) is 11.3 Å². The van der Waals surface area contributed by atoms with Crippen LogP contribution in [-0.2, 0) is 11.3 Å². The van der Waals surface area contributed by atoms with Gasteiger partial charge in [-0.3, -0.25) is 4.79 Å². The number of fused-ring (bicyclic) bond motifs is 1. The molecule has 0 saturated heterocycles. The summed E-state index contributed by atoms with van der Waals surface area (Å²) in [7, 11) is 0. The highest BCUT2D eigenvalue weighted by Gasteiger charge is 2.19. The number of halogens is 2. The number of carbonyl (C=O) groups excluding carboxylic acids is 1. The Morgan fingerprint density at radius 2 is 1.91 bits per heavy atom. The summed E-state index contributed by atoms with van der Waals surface area (Å²) in [5, 5.41) is 10.5. The summed E-state index contributed by atoms with van der Waals surface area (Å²) in [5.41, 5.74) is 1.65. The molecule has 0 unspecified atom stereocenters. The van der Waals surface area contributed by atoms with Crippen molar-refractivity contribution >= 4 is 17.2 Å². The second-order valence-corrected chi connectivity index (χ2v) is 7.52. The zero-order valence-corrected chi connectivity index (χ0v) is 17.7. The standard InChI is InChI=1S/C23H16F2N6O3/c1-13-4-6-14(7-5-13)20-27-22(34-29-20)16-3-2-10-30-21(16)28-31(23(30)33)12-19(32)26-18-9-8-15(24)11-17(18)25/h2-11H,12H2,1H3,(H,26,32). The fraction of sp³-hybridized carbons (Fsp3) is 0.0870. The van der Waals surface area contributed by atoms with Gasteiger partial charge in [0.2, 0.25) is 11.7 Å². The highest BCUT2D eigenvalue weighted by molar-refractivity contribution is 5.90. The summed E-state index contributed by atoms with van der Waals surface area (Å²) in [4.78, 5) is 29.5. The molecule has 0 aliphatic rings. The molecule has 9 nitrogen and oxygen atoms in total. The van der Waals surface area contributed by atoms with E-state index >= 15 is 0 Å². The molecular weight excluding hydrogens is 446 g/mol. The molecule has 0 spiro atoms. The van der Waals surface area contributed by atoms with Crippen molar-refractivity contribution in [2.24, 2.45) is 0 Å². The van der Waals surface area contributed by atoms with Gasteiger partial charge in [0.15, 0.2) is 5.65 Å². The maximum Gasteiger partial charge on any atom is 0.350 e. The molecule has 0 fully saturated rings. The summed E-state index contributed by atoms with van der Waals surface area (Å²) in [5.74, 6) is -1.89. The number of anilines is 1. The predicted octanol–water partition coefficient (Wildman–Crippen LogP) is 3.44. The number of amides is 1. The number of nitrogens with one attached hydrogen (secondary N) is 1. The highest BCUT2D eigenvalue weighted by Crippen LogP contribution is 2.24. The topological polar surface area (TPSA) is 107 Å². The molecular formula is C23H16F2N6O3. The van der Waals surface area contributed by atoms with Gasteiger partial charge in [-0.2, -0.15) is 4.98 Å². The fourth-order valence-corrected chi connectivity index (χ4v) is 3.38. The van der Waals surface area contributed by atoms with Crippen LogP contribution >= 0.6 is 0 Å². The van der Waals surface area contributed by atoms with Crippen LogP contribution < -0.4 is 11.0 Å². The van der Waals surface area contributed by atoms with Crippen LogP contribution in [0.3, 0.4) is 0 Å². The number of hydrogen-bond acceptors (Lipinski definition) is 6. The fourth-order valence-electron chi connectivity index (χ4n) is 3.38. The molecule has 1 N–H and O–H groups in total. The van der Waals surface area contributed by atoms with Gasteiger partial charge < -0.3 is 9.84 Å².